The number of nitrogens with zero attached hydrogens (tertiary/aromatic N) is 3. The summed E-state index contributed by atoms with van der Waals surface area (Å²) in [6, 6.07) is 10.4. The standard InChI is InChI=1S/C21H19ClN4O4S2/c1-12-4-6-16-14(8-12)20-18(32(28,29)26(16)2)10-23-21(25-20)31-11-19(27)24-15-9-13(22)5-7-17(15)30-3/h4-10H,11H2,1-3H3,(H,24,27). The predicted octanol–water partition coefficient (Wildman–Crippen LogP) is 3.98. The van der Waals surface area contributed by atoms with E-state index in [4.69, 9.17) is 16.3 Å². The number of carbonyl (C=O) groups is 1. The summed E-state index contributed by atoms with van der Waals surface area (Å²) in [6.45, 7) is 1.92. The summed E-state index contributed by atoms with van der Waals surface area (Å²) in [5.41, 5.74) is 3.01. The number of methoxy groups -OCH3 is 1. The summed E-state index contributed by atoms with van der Waals surface area (Å²) in [5, 5.41) is 3.51. The average molecular weight is 491 g/mol. The molecule has 0 bridgehead atoms. The Kier molecular flexibility index (Phi) is 6.02. The van der Waals surface area contributed by atoms with Crippen LogP contribution in [0.1, 0.15) is 5.56 Å². The van der Waals surface area contributed by atoms with Crippen LogP contribution in [0, 0.1) is 6.92 Å². The Hall–Kier alpha value is -2.82. The molecule has 0 fully saturated rings. The van der Waals surface area contributed by atoms with Crippen LogP contribution in [0.4, 0.5) is 11.4 Å². The lowest BCUT2D eigenvalue weighted by molar-refractivity contribution is -0.113. The molecule has 2 heterocycles. The number of aromatic nitrogens is 2. The highest BCUT2D eigenvalue weighted by Crippen LogP contribution is 2.41. The van der Waals surface area contributed by atoms with Gasteiger partial charge in [-0.15, -0.1) is 0 Å². The van der Waals surface area contributed by atoms with Crippen molar-refractivity contribution in [2.75, 3.05) is 29.5 Å². The van der Waals surface area contributed by atoms with E-state index in [0.717, 1.165) is 17.3 Å². The normalized spacial score (nSPS) is 13.8. The Bertz CT molecular complexity index is 1330. The highest BCUT2D eigenvalue weighted by Gasteiger charge is 2.34. The number of nitrogens with one attached hydrogen (secondary N) is 1. The van der Waals surface area contributed by atoms with E-state index < -0.39 is 10.0 Å². The van der Waals surface area contributed by atoms with Crippen LogP contribution in [0.15, 0.2) is 52.6 Å². The molecule has 1 aliphatic heterocycles. The highest BCUT2D eigenvalue weighted by molar-refractivity contribution is 7.99. The number of fused-ring (bicyclic) bond motifs is 3. The number of halogens is 1. The first-order valence-electron chi connectivity index (χ1n) is 9.44. The summed E-state index contributed by atoms with van der Waals surface area (Å²) in [5.74, 6) is 0.196. The number of rotatable bonds is 5. The number of anilines is 2. The van der Waals surface area contributed by atoms with Gasteiger partial charge in [0.05, 0.1) is 36.1 Å². The van der Waals surface area contributed by atoms with Crippen LogP contribution in [-0.4, -0.2) is 44.2 Å². The zero-order valence-electron chi connectivity index (χ0n) is 17.4. The Labute approximate surface area is 195 Å². The molecule has 0 saturated carbocycles. The van der Waals surface area contributed by atoms with Crippen molar-refractivity contribution in [3.63, 3.8) is 0 Å². The first-order valence-corrected chi connectivity index (χ1v) is 12.2. The van der Waals surface area contributed by atoms with E-state index in [9.17, 15) is 13.2 Å². The van der Waals surface area contributed by atoms with Crippen LogP contribution >= 0.6 is 23.4 Å². The molecule has 0 aliphatic carbocycles. The molecular weight excluding hydrogens is 472 g/mol. The SMILES string of the molecule is COc1ccc(Cl)cc1NC(=O)CSc1ncc2c(n1)-c1cc(C)ccc1N(C)S2(=O)=O. The quantitative estimate of drug-likeness (QED) is 0.426. The molecule has 166 valence electrons. The van der Waals surface area contributed by atoms with E-state index in [1.165, 1.54) is 24.7 Å². The van der Waals surface area contributed by atoms with Gasteiger partial charge in [-0.3, -0.25) is 9.10 Å². The maximum atomic E-state index is 12.9. The molecule has 1 N–H and O–H groups in total. The Balaban J connectivity index is 1.58. The second kappa shape index (κ2) is 8.61. The number of sulfonamides is 1. The third-order valence-electron chi connectivity index (χ3n) is 4.89. The van der Waals surface area contributed by atoms with E-state index >= 15 is 0 Å². The fourth-order valence-corrected chi connectivity index (χ4v) is 5.38. The summed E-state index contributed by atoms with van der Waals surface area (Å²) in [4.78, 5) is 21.1. The van der Waals surface area contributed by atoms with Crippen molar-refractivity contribution in [2.45, 2.75) is 17.0 Å². The molecule has 0 radical (unpaired) electrons. The minimum atomic E-state index is -3.75. The van der Waals surface area contributed by atoms with Gasteiger partial charge in [0, 0.05) is 17.6 Å². The van der Waals surface area contributed by atoms with Crippen molar-refractivity contribution in [2.24, 2.45) is 0 Å². The van der Waals surface area contributed by atoms with E-state index in [-0.39, 0.29) is 16.6 Å². The second-order valence-electron chi connectivity index (χ2n) is 7.04. The van der Waals surface area contributed by atoms with Crippen LogP contribution in [0.5, 0.6) is 5.75 Å². The lowest BCUT2D eigenvalue weighted by Gasteiger charge is -2.28. The molecule has 11 heteroatoms. The Morgan fingerprint density at radius 1 is 1.25 bits per heavy atom. The fraction of sp³-hybridized carbons (Fsp3) is 0.190. The Morgan fingerprint density at radius 3 is 2.78 bits per heavy atom. The van der Waals surface area contributed by atoms with Gasteiger partial charge in [0.25, 0.3) is 10.0 Å². The van der Waals surface area contributed by atoms with Gasteiger partial charge < -0.3 is 10.1 Å². The molecular formula is C21H19ClN4O4S2. The van der Waals surface area contributed by atoms with Crippen molar-refractivity contribution in [1.29, 1.82) is 0 Å². The van der Waals surface area contributed by atoms with Gasteiger partial charge in [0.1, 0.15) is 10.6 Å². The van der Waals surface area contributed by atoms with E-state index in [1.54, 1.807) is 24.3 Å². The van der Waals surface area contributed by atoms with Gasteiger partial charge >= 0.3 is 0 Å². The van der Waals surface area contributed by atoms with E-state index in [1.807, 2.05) is 19.1 Å². The van der Waals surface area contributed by atoms with Crippen molar-refractivity contribution in [1.82, 2.24) is 9.97 Å². The first-order chi connectivity index (χ1) is 15.2. The number of aryl methyl sites for hydroxylation is 1. The predicted molar refractivity (Wildman–Crippen MR) is 125 cm³/mol. The summed E-state index contributed by atoms with van der Waals surface area (Å²) < 4.78 is 32.2. The number of amides is 1. The lowest BCUT2D eigenvalue weighted by atomic mass is 10.1. The molecule has 0 atom stereocenters. The number of ether oxygens (including phenoxy) is 1. The third kappa shape index (κ3) is 4.13. The average Bonchev–Trinajstić information content (AvgIpc) is 2.76. The number of benzene rings is 2. The minimum Gasteiger partial charge on any atom is -0.495 e. The molecule has 0 spiro atoms. The number of carbonyl (C=O) groups excluding carboxylic acids is 1. The maximum Gasteiger partial charge on any atom is 0.267 e. The maximum absolute atomic E-state index is 12.9. The summed E-state index contributed by atoms with van der Waals surface area (Å²) in [6.07, 6.45) is 1.29. The number of hydrogen-bond donors (Lipinski definition) is 1. The molecule has 1 amide bonds. The van der Waals surface area contributed by atoms with Crippen LogP contribution in [0.25, 0.3) is 11.3 Å². The summed E-state index contributed by atoms with van der Waals surface area (Å²) in [7, 11) is -0.751. The zero-order valence-corrected chi connectivity index (χ0v) is 19.8. The minimum absolute atomic E-state index is 0.0157. The van der Waals surface area contributed by atoms with Crippen molar-refractivity contribution in [3.05, 3.63) is 53.2 Å². The van der Waals surface area contributed by atoms with Crippen molar-refractivity contribution >= 4 is 50.7 Å². The van der Waals surface area contributed by atoms with E-state index in [0.29, 0.717) is 38.6 Å². The van der Waals surface area contributed by atoms with Crippen molar-refractivity contribution in [3.8, 4) is 17.0 Å². The van der Waals surface area contributed by atoms with Crippen LogP contribution in [0.2, 0.25) is 5.02 Å². The number of hydrogen-bond acceptors (Lipinski definition) is 7. The largest absolute Gasteiger partial charge is 0.495 e. The lowest BCUT2D eigenvalue weighted by Crippen LogP contribution is -2.31. The first kappa shape index (κ1) is 22.4. The molecule has 2 aromatic carbocycles. The molecule has 1 aliphatic rings. The molecule has 0 unspecified atom stereocenters. The fourth-order valence-electron chi connectivity index (χ4n) is 3.29. The molecule has 4 rings (SSSR count). The van der Waals surface area contributed by atoms with Crippen LogP contribution < -0.4 is 14.4 Å². The molecule has 0 saturated heterocycles. The van der Waals surface area contributed by atoms with Crippen LogP contribution in [-0.2, 0) is 14.8 Å². The topological polar surface area (TPSA) is 101 Å². The Morgan fingerprint density at radius 2 is 2.03 bits per heavy atom. The summed E-state index contributed by atoms with van der Waals surface area (Å²) >= 11 is 7.10. The van der Waals surface area contributed by atoms with Crippen molar-refractivity contribution < 1.29 is 17.9 Å². The van der Waals surface area contributed by atoms with Gasteiger partial charge in [-0.25, -0.2) is 18.4 Å². The molecule has 32 heavy (non-hydrogen) atoms. The van der Waals surface area contributed by atoms with Crippen LogP contribution in [0.3, 0.4) is 0 Å². The van der Waals surface area contributed by atoms with Gasteiger partial charge in [0.2, 0.25) is 5.91 Å². The van der Waals surface area contributed by atoms with Gasteiger partial charge in [0.15, 0.2) is 5.16 Å². The van der Waals surface area contributed by atoms with Gasteiger partial charge in [-0.05, 0) is 37.3 Å². The van der Waals surface area contributed by atoms with Gasteiger partial charge in [-0.2, -0.15) is 0 Å². The molecule has 1 aromatic heterocycles. The number of thioether (sulfide) groups is 1. The zero-order chi connectivity index (χ0) is 23.0. The van der Waals surface area contributed by atoms with E-state index in [2.05, 4.69) is 15.3 Å². The monoisotopic (exact) mass is 490 g/mol. The third-order valence-corrected chi connectivity index (χ3v) is 7.75. The molecule has 3 aromatic rings. The molecule has 8 nitrogen and oxygen atoms in total. The van der Waals surface area contributed by atoms with Gasteiger partial charge in [-0.1, -0.05) is 35.0 Å². The smallest absolute Gasteiger partial charge is 0.267 e. The highest BCUT2D eigenvalue weighted by atomic mass is 35.5. The second-order valence-corrected chi connectivity index (χ2v) is 10.4.